The molecule has 0 saturated carbocycles. The van der Waals surface area contributed by atoms with Gasteiger partial charge < -0.3 is 14.9 Å². The molecule has 4 aromatic rings. The van der Waals surface area contributed by atoms with E-state index in [0.717, 1.165) is 16.7 Å². The van der Waals surface area contributed by atoms with Crippen LogP contribution in [0.25, 0.3) is 33.7 Å². The molecule has 0 fully saturated rings. The average Bonchev–Trinajstić information content (AvgIpc) is 3.10. The maximum atomic E-state index is 10.4. The van der Waals surface area contributed by atoms with E-state index >= 15 is 0 Å². The molecule has 29 heavy (non-hydrogen) atoms. The molecule has 2 aromatic heterocycles. The van der Waals surface area contributed by atoms with Crippen molar-refractivity contribution < 1.29 is 14.9 Å². The Hall–Kier alpha value is -3.45. The van der Waals surface area contributed by atoms with Gasteiger partial charge in [-0.05, 0) is 62.7 Å². The van der Waals surface area contributed by atoms with E-state index in [0.29, 0.717) is 28.3 Å². The van der Waals surface area contributed by atoms with Crippen LogP contribution in [0.2, 0.25) is 0 Å². The van der Waals surface area contributed by atoms with E-state index in [9.17, 15) is 10.2 Å². The number of benzene rings is 2. The van der Waals surface area contributed by atoms with Crippen molar-refractivity contribution in [2.24, 2.45) is 0 Å². The lowest BCUT2D eigenvalue weighted by Gasteiger charge is -2.10. The lowest BCUT2D eigenvalue weighted by atomic mass is 10.0. The summed E-state index contributed by atoms with van der Waals surface area (Å²) in [7, 11) is 0. The number of phenols is 1. The topological polar surface area (TPSA) is 104 Å². The first-order valence-corrected chi connectivity index (χ1v) is 9.42. The summed E-state index contributed by atoms with van der Waals surface area (Å²) in [5.41, 5.74) is 3.22. The van der Waals surface area contributed by atoms with E-state index in [1.165, 1.54) is 0 Å². The molecule has 2 heterocycles. The summed E-state index contributed by atoms with van der Waals surface area (Å²) in [5.74, 6) is 1.24. The Morgan fingerprint density at radius 1 is 1.03 bits per heavy atom. The smallest absolute Gasteiger partial charge is 0.181 e. The molecule has 0 amide bonds. The van der Waals surface area contributed by atoms with Crippen molar-refractivity contribution >= 4 is 10.9 Å². The molecule has 0 aliphatic rings. The Morgan fingerprint density at radius 3 is 2.59 bits per heavy atom. The second-order valence-electron chi connectivity index (χ2n) is 7.16. The number of aromatic hydroxyl groups is 1. The van der Waals surface area contributed by atoms with Gasteiger partial charge in [0.15, 0.2) is 5.82 Å². The van der Waals surface area contributed by atoms with Gasteiger partial charge >= 0.3 is 0 Å². The van der Waals surface area contributed by atoms with Crippen LogP contribution < -0.4 is 4.74 Å². The molecule has 0 spiro atoms. The van der Waals surface area contributed by atoms with Gasteiger partial charge in [0.05, 0.1) is 23.4 Å². The molecule has 1 atom stereocenters. The Bertz CT molecular complexity index is 1170. The van der Waals surface area contributed by atoms with Crippen molar-refractivity contribution in [3.8, 4) is 34.3 Å². The van der Waals surface area contributed by atoms with Crippen molar-refractivity contribution in [2.45, 2.75) is 33.0 Å². The second-order valence-corrected chi connectivity index (χ2v) is 7.16. The molecule has 0 bridgehead atoms. The zero-order valence-corrected chi connectivity index (χ0v) is 16.4. The molecule has 4 rings (SSSR count). The van der Waals surface area contributed by atoms with Crippen molar-refractivity contribution in [1.29, 1.82) is 0 Å². The van der Waals surface area contributed by atoms with Gasteiger partial charge in [0.2, 0.25) is 0 Å². The van der Waals surface area contributed by atoms with Crippen LogP contribution in [0.4, 0.5) is 0 Å². The van der Waals surface area contributed by atoms with Gasteiger partial charge in [-0.15, -0.1) is 0 Å². The molecular weight excluding hydrogens is 368 g/mol. The van der Waals surface area contributed by atoms with Crippen molar-refractivity contribution in [3.05, 3.63) is 54.2 Å². The number of hydrogen-bond donors (Lipinski definition) is 3. The molecule has 0 aliphatic carbocycles. The van der Waals surface area contributed by atoms with Crippen LogP contribution in [0, 0.1) is 0 Å². The summed E-state index contributed by atoms with van der Waals surface area (Å²) in [6, 6.07) is 12.5. The number of H-pyrrole nitrogens is 1. The molecule has 3 N–H and O–H groups in total. The van der Waals surface area contributed by atoms with E-state index < -0.39 is 6.10 Å². The number of aliphatic hydroxyl groups is 1. The minimum atomic E-state index is -0.659. The fourth-order valence-electron chi connectivity index (χ4n) is 3.16. The molecule has 148 valence electrons. The molecular formula is C22H22N4O3. The van der Waals surface area contributed by atoms with Gasteiger partial charge in [-0.1, -0.05) is 6.07 Å². The summed E-state index contributed by atoms with van der Waals surface area (Å²) in [6.45, 7) is 5.60. The van der Waals surface area contributed by atoms with Crippen LogP contribution in [-0.4, -0.2) is 36.5 Å². The second kappa shape index (κ2) is 7.52. The fraction of sp³-hybridized carbons (Fsp3) is 0.227. The first kappa shape index (κ1) is 18.9. The zero-order chi connectivity index (χ0) is 20.5. The standard InChI is InChI=1S/C22H22N4O3/c1-12(2)29-15-5-7-19-17(11-15)21(26-25-19)22-23-9-8-18(24-22)16-6-4-14(13(3)27)10-20(16)28/h4-13,27-28H,1-3H3,(H,25,26). The third-order valence-electron chi connectivity index (χ3n) is 4.55. The van der Waals surface area contributed by atoms with Crippen LogP contribution in [0.5, 0.6) is 11.5 Å². The Kier molecular flexibility index (Phi) is 4.90. The lowest BCUT2D eigenvalue weighted by Crippen LogP contribution is -2.05. The number of ether oxygens (including phenoxy) is 1. The summed E-state index contributed by atoms with van der Waals surface area (Å²) in [6.07, 6.45) is 1.04. The van der Waals surface area contributed by atoms with Gasteiger partial charge in [-0.2, -0.15) is 5.10 Å². The highest BCUT2D eigenvalue weighted by molar-refractivity contribution is 5.92. The lowest BCUT2D eigenvalue weighted by molar-refractivity contribution is 0.199. The molecule has 1 unspecified atom stereocenters. The third kappa shape index (κ3) is 3.77. The quantitative estimate of drug-likeness (QED) is 0.471. The molecule has 2 aromatic carbocycles. The van der Waals surface area contributed by atoms with E-state index in [1.54, 1.807) is 37.4 Å². The van der Waals surface area contributed by atoms with Crippen LogP contribution in [0.15, 0.2) is 48.7 Å². The highest BCUT2D eigenvalue weighted by atomic mass is 16.5. The molecule has 7 nitrogen and oxygen atoms in total. The maximum absolute atomic E-state index is 10.4. The number of aliphatic hydroxyl groups excluding tert-OH is 1. The number of nitrogens with one attached hydrogen (secondary N) is 1. The van der Waals surface area contributed by atoms with Crippen molar-refractivity contribution in [1.82, 2.24) is 20.2 Å². The number of fused-ring (bicyclic) bond motifs is 1. The zero-order valence-electron chi connectivity index (χ0n) is 16.4. The van der Waals surface area contributed by atoms with Crippen LogP contribution in [0.1, 0.15) is 32.4 Å². The molecule has 0 radical (unpaired) electrons. The molecule has 7 heteroatoms. The SMILES string of the molecule is CC(C)Oc1ccc2[nH]nc(-c3nccc(-c4ccc(C(C)O)cc4O)n3)c2c1. The van der Waals surface area contributed by atoms with Crippen LogP contribution >= 0.6 is 0 Å². The number of phenolic OH excluding ortho intramolecular Hbond substituents is 1. The third-order valence-corrected chi connectivity index (χ3v) is 4.55. The number of aromatic amines is 1. The van der Waals surface area contributed by atoms with Gasteiger partial charge in [0.25, 0.3) is 0 Å². The van der Waals surface area contributed by atoms with Crippen molar-refractivity contribution in [2.75, 3.05) is 0 Å². The first-order valence-electron chi connectivity index (χ1n) is 9.42. The van der Waals surface area contributed by atoms with E-state index in [-0.39, 0.29) is 11.9 Å². The van der Waals surface area contributed by atoms with Crippen LogP contribution in [0.3, 0.4) is 0 Å². The van der Waals surface area contributed by atoms with E-state index in [4.69, 9.17) is 4.74 Å². The number of nitrogens with zero attached hydrogens (tertiary/aromatic N) is 3. The predicted octanol–water partition coefficient (Wildman–Crippen LogP) is 4.23. The predicted molar refractivity (Wildman–Crippen MR) is 111 cm³/mol. The largest absolute Gasteiger partial charge is 0.507 e. The van der Waals surface area contributed by atoms with Gasteiger partial charge in [0, 0.05) is 17.1 Å². The number of hydrogen-bond acceptors (Lipinski definition) is 6. The first-order chi connectivity index (χ1) is 13.9. The maximum Gasteiger partial charge on any atom is 0.181 e. The highest BCUT2D eigenvalue weighted by Gasteiger charge is 2.15. The van der Waals surface area contributed by atoms with Gasteiger partial charge in [-0.3, -0.25) is 5.10 Å². The average molecular weight is 390 g/mol. The summed E-state index contributed by atoms with van der Waals surface area (Å²) in [4.78, 5) is 8.97. The minimum Gasteiger partial charge on any atom is -0.507 e. The Balaban J connectivity index is 1.76. The number of aromatic nitrogens is 4. The van der Waals surface area contributed by atoms with E-state index in [2.05, 4.69) is 20.2 Å². The summed E-state index contributed by atoms with van der Waals surface area (Å²) in [5, 5.41) is 28.3. The Morgan fingerprint density at radius 2 is 1.86 bits per heavy atom. The molecule has 0 aliphatic heterocycles. The Labute approximate surface area is 168 Å². The normalized spacial score (nSPS) is 12.4. The van der Waals surface area contributed by atoms with E-state index in [1.807, 2.05) is 32.0 Å². The van der Waals surface area contributed by atoms with Crippen LogP contribution in [-0.2, 0) is 0 Å². The van der Waals surface area contributed by atoms with Crippen molar-refractivity contribution in [3.63, 3.8) is 0 Å². The monoisotopic (exact) mass is 390 g/mol. The highest BCUT2D eigenvalue weighted by Crippen LogP contribution is 2.32. The summed E-state index contributed by atoms with van der Waals surface area (Å²) >= 11 is 0. The summed E-state index contributed by atoms with van der Waals surface area (Å²) < 4.78 is 5.79. The molecule has 0 saturated heterocycles. The fourth-order valence-corrected chi connectivity index (χ4v) is 3.16. The van der Waals surface area contributed by atoms with Gasteiger partial charge in [0.1, 0.15) is 17.2 Å². The van der Waals surface area contributed by atoms with Gasteiger partial charge in [-0.25, -0.2) is 9.97 Å². The number of rotatable bonds is 5. The minimum absolute atomic E-state index is 0.0487.